The molecule has 0 fully saturated rings. The van der Waals surface area contributed by atoms with Gasteiger partial charge in [0, 0.05) is 35.0 Å². The molecule has 1 aromatic rings. The molecule has 0 atom stereocenters. The van der Waals surface area contributed by atoms with Gasteiger partial charge in [0.1, 0.15) is 0 Å². The number of halogens is 1. The molecule has 1 aromatic heterocycles. The molecule has 0 aliphatic heterocycles. The van der Waals surface area contributed by atoms with Gasteiger partial charge in [0.25, 0.3) is 0 Å². The standard InChI is InChI=1S/C9H14BrNO3S2/c1-14-3-2-4-16(12,13)11-6-9-5-8(10)7-15-9/h5,7,11H,2-4,6H2,1H3. The van der Waals surface area contributed by atoms with Gasteiger partial charge >= 0.3 is 0 Å². The lowest BCUT2D eigenvalue weighted by atomic mass is 10.5. The lowest BCUT2D eigenvalue weighted by Crippen LogP contribution is -2.26. The molecule has 0 aliphatic rings. The third-order valence-electron chi connectivity index (χ3n) is 1.85. The van der Waals surface area contributed by atoms with Gasteiger partial charge in [-0.1, -0.05) is 0 Å². The molecule has 7 heteroatoms. The van der Waals surface area contributed by atoms with Crippen molar-refractivity contribution in [2.24, 2.45) is 0 Å². The van der Waals surface area contributed by atoms with E-state index in [1.165, 1.54) is 11.3 Å². The molecule has 0 amide bonds. The lowest BCUT2D eigenvalue weighted by molar-refractivity contribution is 0.199. The summed E-state index contributed by atoms with van der Waals surface area (Å²) in [6.45, 7) is 0.817. The van der Waals surface area contributed by atoms with E-state index in [2.05, 4.69) is 20.7 Å². The Balaban J connectivity index is 2.36. The molecule has 92 valence electrons. The van der Waals surface area contributed by atoms with E-state index in [4.69, 9.17) is 4.74 Å². The summed E-state index contributed by atoms with van der Waals surface area (Å²) in [5.41, 5.74) is 0. The van der Waals surface area contributed by atoms with E-state index in [1.807, 2.05) is 11.4 Å². The highest BCUT2D eigenvalue weighted by Gasteiger charge is 2.09. The van der Waals surface area contributed by atoms with Crippen molar-refractivity contribution in [1.82, 2.24) is 4.72 Å². The van der Waals surface area contributed by atoms with Crippen LogP contribution in [0.5, 0.6) is 0 Å². The zero-order valence-corrected chi connectivity index (χ0v) is 12.1. The summed E-state index contributed by atoms with van der Waals surface area (Å²) in [5.74, 6) is 0.105. The van der Waals surface area contributed by atoms with E-state index in [0.717, 1.165) is 9.35 Å². The highest BCUT2D eigenvalue weighted by atomic mass is 79.9. The van der Waals surface area contributed by atoms with E-state index in [-0.39, 0.29) is 5.75 Å². The minimum atomic E-state index is -3.18. The zero-order chi connectivity index (χ0) is 12.0. The first-order chi connectivity index (χ1) is 7.53. The number of nitrogens with one attached hydrogen (secondary N) is 1. The predicted octanol–water partition coefficient (Wildman–Crippen LogP) is 1.97. The van der Waals surface area contributed by atoms with Crippen molar-refractivity contribution in [2.75, 3.05) is 19.5 Å². The third kappa shape index (κ3) is 5.40. The van der Waals surface area contributed by atoms with Crippen LogP contribution in [0.4, 0.5) is 0 Å². The molecule has 0 bridgehead atoms. The molecule has 0 saturated heterocycles. The Hall–Kier alpha value is 0.0500. The first-order valence-corrected chi connectivity index (χ1v) is 8.05. The van der Waals surface area contributed by atoms with Crippen LogP contribution in [0.2, 0.25) is 0 Å². The Kier molecular flexibility index (Phi) is 5.91. The monoisotopic (exact) mass is 327 g/mol. The van der Waals surface area contributed by atoms with Gasteiger partial charge in [-0.05, 0) is 28.4 Å². The van der Waals surface area contributed by atoms with Crippen molar-refractivity contribution < 1.29 is 13.2 Å². The minimum Gasteiger partial charge on any atom is -0.385 e. The van der Waals surface area contributed by atoms with Crippen LogP contribution in [0.25, 0.3) is 0 Å². The van der Waals surface area contributed by atoms with Crippen molar-refractivity contribution in [1.29, 1.82) is 0 Å². The van der Waals surface area contributed by atoms with Gasteiger partial charge in [-0.3, -0.25) is 0 Å². The number of hydrogen-bond donors (Lipinski definition) is 1. The number of hydrogen-bond acceptors (Lipinski definition) is 4. The highest BCUT2D eigenvalue weighted by Crippen LogP contribution is 2.19. The maximum Gasteiger partial charge on any atom is 0.212 e. The fourth-order valence-electron chi connectivity index (χ4n) is 1.09. The minimum absolute atomic E-state index is 0.105. The molecule has 0 aliphatic carbocycles. The summed E-state index contributed by atoms with van der Waals surface area (Å²) < 4.78 is 31.4. The second-order valence-corrected chi connectivity index (χ2v) is 7.06. The fourth-order valence-corrected chi connectivity index (χ4v) is 3.59. The van der Waals surface area contributed by atoms with Crippen molar-refractivity contribution in [3.8, 4) is 0 Å². The Morgan fingerprint density at radius 2 is 2.31 bits per heavy atom. The van der Waals surface area contributed by atoms with Crippen molar-refractivity contribution in [3.05, 3.63) is 20.8 Å². The molecule has 0 saturated carbocycles. The summed E-state index contributed by atoms with van der Waals surface area (Å²) in [7, 11) is -1.62. The average molecular weight is 328 g/mol. The molecule has 0 aromatic carbocycles. The van der Waals surface area contributed by atoms with Crippen LogP contribution in [-0.2, 0) is 21.3 Å². The molecular weight excluding hydrogens is 314 g/mol. The van der Waals surface area contributed by atoms with Crippen LogP contribution < -0.4 is 4.72 Å². The summed E-state index contributed by atoms with van der Waals surface area (Å²) in [6.07, 6.45) is 0.514. The molecule has 1 heterocycles. The predicted molar refractivity (Wildman–Crippen MR) is 69.1 cm³/mol. The number of thiophene rings is 1. The summed E-state index contributed by atoms with van der Waals surface area (Å²) in [6, 6.07) is 1.91. The van der Waals surface area contributed by atoms with E-state index in [9.17, 15) is 8.42 Å². The number of methoxy groups -OCH3 is 1. The fraction of sp³-hybridized carbons (Fsp3) is 0.556. The maximum absolute atomic E-state index is 11.5. The topological polar surface area (TPSA) is 55.4 Å². The molecule has 0 radical (unpaired) electrons. The van der Waals surface area contributed by atoms with Crippen molar-refractivity contribution in [3.63, 3.8) is 0 Å². The second kappa shape index (κ2) is 6.70. The van der Waals surface area contributed by atoms with E-state index in [0.29, 0.717) is 19.6 Å². The quantitative estimate of drug-likeness (QED) is 0.779. The zero-order valence-electron chi connectivity index (χ0n) is 8.90. The normalized spacial score (nSPS) is 11.9. The van der Waals surface area contributed by atoms with E-state index >= 15 is 0 Å². The van der Waals surface area contributed by atoms with Gasteiger partial charge in [0.15, 0.2) is 0 Å². The largest absolute Gasteiger partial charge is 0.385 e. The summed E-state index contributed by atoms with van der Waals surface area (Å²) >= 11 is 4.84. The Morgan fingerprint density at radius 3 is 2.88 bits per heavy atom. The summed E-state index contributed by atoms with van der Waals surface area (Å²) in [4.78, 5) is 0.988. The van der Waals surface area contributed by atoms with Gasteiger partial charge in [0.05, 0.1) is 5.75 Å². The first-order valence-electron chi connectivity index (χ1n) is 4.72. The number of sulfonamides is 1. The molecule has 1 rings (SSSR count). The van der Waals surface area contributed by atoms with Crippen LogP contribution in [0.1, 0.15) is 11.3 Å². The van der Waals surface area contributed by atoms with Gasteiger partial charge in [-0.25, -0.2) is 13.1 Å². The molecule has 0 spiro atoms. The van der Waals surface area contributed by atoms with Gasteiger partial charge in [-0.2, -0.15) is 0 Å². The lowest BCUT2D eigenvalue weighted by Gasteiger charge is -2.04. The number of rotatable bonds is 7. The SMILES string of the molecule is COCCCS(=O)(=O)NCc1cc(Br)cs1. The Morgan fingerprint density at radius 1 is 1.56 bits per heavy atom. The van der Waals surface area contributed by atoms with Gasteiger partial charge in [0.2, 0.25) is 10.0 Å². The van der Waals surface area contributed by atoms with Gasteiger partial charge < -0.3 is 4.74 Å². The highest BCUT2D eigenvalue weighted by molar-refractivity contribution is 9.10. The van der Waals surface area contributed by atoms with Crippen molar-refractivity contribution in [2.45, 2.75) is 13.0 Å². The van der Waals surface area contributed by atoms with Crippen LogP contribution in [-0.4, -0.2) is 27.9 Å². The number of ether oxygens (including phenoxy) is 1. The molecule has 1 N–H and O–H groups in total. The smallest absolute Gasteiger partial charge is 0.212 e. The maximum atomic E-state index is 11.5. The molecule has 16 heavy (non-hydrogen) atoms. The van der Waals surface area contributed by atoms with Crippen LogP contribution in [0, 0.1) is 0 Å². The van der Waals surface area contributed by atoms with Gasteiger partial charge in [-0.15, -0.1) is 11.3 Å². The second-order valence-electron chi connectivity index (χ2n) is 3.22. The first kappa shape index (κ1) is 14.1. The van der Waals surface area contributed by atoms with Crippen LogP contribution in [0.3, 0.4) is 0 Å². The molecular formula is C9H14BrNO3S2. The molecule has 4 nitrogen and oxygen atoms in total. The van der Waals surface area contributed by atoms with E-state index in [1.54, 1.807) is 7.11 Å². The Labute approximate surface area is 108 Å². The van der Waals surface area contributed by atoms with Crippen molar-refractivity contribution >= 4 is 37.3 Å². The van der Waals surface area contributed by atoms with Crippen LogP contribution in [0.15, 0.2) is 15.9 Å². The van der Waals surface area contributed by atoms with E-state index < -0.39 is 10.0 Å². The molecule has 0 unspecified atom stereocenters. The Bertz CT molecular complexity index is 416. The average Bonchev–Trinajstić information content (AvgIpc) is 2.62. The van der Waals surface area contributed by atoms with Crippen LogP contribution >= 0.6 is 27.3 Å². The third-order valence-corrected chi connectivity index (χ3v) is 4.96. The summed E-state index contributed by atoms with van der Waals surface area (Å²) in [5, 5.41) is 1.93.